The van der Waals surface area contributed by atoms with Crippen LogP contribution in [0.3, 0.4) is 0 Å². The van der Waals surface area contributed by atoms with E-state index in [1.807, 2.05) is 18.2 Å². The average Bonchev–Trinajstić information content (AvgIpc) is 2.95. The zero-order valence-electron chi connectivity index (χ0n) is 12.9. The maximum Gasteiger partial charge on any atom is 0.334 e. The van der Waals surface area contributed by atoms with Gasteiger partial charge < -0.3 is 14.8 Å². The van der Waals surface area contributed by atoms with Gasteiger partial charge in [-0.2, -0.15) is 0 Å². The Morgan fingerprint density at radius 2 is 2.25 bits per heavy atom. The summed E-state index contributed by atoms with van der Waals surface area (Å²) >= 11 is 5.98. The van der Waals surface area contributed by atoms with E-state index in [1.165, 1.54) is 0 Å². The summed E-state index contributed by atoms with van der Waals surface area (Å²) in [4.78, 5) is 15.9. The second kappa shape index (κ2) is 6.00. The number of esters is 1. The molecule has 1 aromatic carbocycles. The van der Waals surface area contributed by atoms with Crippen LogP contribution in [0.15, 0.2) is 42.2 Å². The Morgan fingerprint density at radius 3 is 3.04 bits per heavy atom. The number of carbonyl (C=O) groups is 1. The van der Waals surface area contributed by atoms with E-state index in [2.05, 4.69) is 10.3 Å². The average molecular weight is 345 g/mol. The number of carbonyl (C=O) groups excluding carboxylic acids is 1. The topological polar surface area (TPSA) is 74.3 Å². The standard InChI is InChI=1S/C18H17ClN2O3/c19-10-1-4-12(5-2-10)24-18(23)17-16-13(7-8-20-17)14-9-11(22)3-6-15(14)21-16/h1,3-6,9-10,17,20-22H,2,7-8H2. The van der Waals surface area contributed by atoms with Crippen LogP contribution in [0.2, 0.25) is 0 Å². The number of hydrogen-bond acceptors (Lipinski definition) is 4. The third-order valence-electron chi connectivity index (χ3n) is 4.40. The minimum Gasteiger partial charge on any atom is -0.508 e. The van der Waals surface area contributed by atoms with E-state index in [4.69, 9.17) is 16.3 Å². The van der Waals surface area contributed by atoms with Gasteiger partial charge in [-0.05, 0) is 48.8 Å². The number of fused-ring (bicyclic) bond motifs is 3. The summed E-state index contributed by atoms with van der Waals surface area (Å²) in [5.41, 5.74) is 2.76. The number of ether oxygens (including phenoxy) is 1. The summed E-state index contributed by atoms with van der Waals surface area (Å²) in [7, 11) is 0. The Hall–Kier alpha value is -2.24. The molecule has 6 heteroatoms. The first kappa shape index (κ1) is 15.3. The monoisotopic (exact) mass is 344 g/mol. The second-order valence-corrected chi connectivity index (χ2v) is 6.58. The van der Waals surface area contributed by atoms with E-state index in [1.54, 1.807) is 18.2 Å². The van der Waals surface area contributed by atoms with Gasteiger partial charge in [-0.1, -0.05) is 6.08 Å². The first-order valence-corrected chi connectivity index (χ1v) is 8.36. The summed E-state index contributed by atoms with van der Waals surface area (Å²) < 4.78 is 5.50. The maximum atomic E-state index is 12.6. The number of phenols is 1. The van der Waals surface area contributed by atoms with E-state index in [9.17, 15) is 9.90 Å². The Bertz CT molecular complexity index is 869. The van der Waals surface area contributed by atoms with Crippen LogP contribution in [-0.4, -0.2) is 28.0 Å². The number of rotatable bonds is 2. The molecule has 2 heterocycles. The van der Waals surface area contributed by atoms with Gasteiger partial charge in [0.15, 0.2) is 0 Å². The van der Waals surface area contributed by atoms with Crippen LogP contribution in [0.25, 0.3) is 10.9 Å². The molecule has 2 unspecified atom stereocenters. The summed E-state index contributed by atoms with van der Waals surface area (Å²) in [6, 6.07) is 4.63. The smallest absolute Gasteiger partial charge is 0.334 e. The number of benzene rings is 1. The zero-order chi connectivity index (χ0) is 16.7. The van der Waals surface area contributed by atoms with Gasteiger partial charge in [0.1, 0.15) is 17.6 Å². The normalized spacial score (nSPS) is 23.0. The highest BCUT2D eigenvalue weighted by Gasteiger charge is 2.31. The number of halogens is 1. The number of aromatic amines is 1. The van der Waals surface area contributed by atoms with Crippen LogP contribution < -0.4 is 5.32 Å². The van der Waals surface area contributed by atoms with Gasteiger partial charge in [0.2, 0.25) is 0 Å². The molecule has 2 aliphatic rings. The lowest BCUT2D eigenvalue weighted by molar-refractivity contribution is -0.142. The molecule has 1 aliphatic carbocycles. The SMILES string of the molecule is O=C(OC1=CCC(Cl)C=C1)C1NCCc2c1[nH]c1ccc(O)cc21. The van der Waals surface area contributed by atoms with Crippen molar-refractivity contribution >= 4 is 28.5 Å². The van der Waals surface area contributed by atoms with Crippen molar-refractivity contribution in [2.75, 3.05) is 6.54 Å². The van der Waals surface area contributed by atoms with Crippen molar-refractivity contribution in [2.24, 2.45) is 0 Å². The Labute approximate surface area is 144 Å². The van der Waals surface area contributed by atoms with Crippen molar-refractivity contribution in [3.63, 3.8) is 0 Å². The predicted molar refractivity (Wildman–Crippen MR) is 92.0 cm³/mol. The van der Waals surface area contributed by atoms with Crippen molar-refractivity contribution < 1.29 is 14.6 Å². The number of H-pyrrole nitrogens is 1. The first-order valence-electron chi connectivity index (χ1n) is 7.93. The van der Waals surface area contributed by atoms with Crippen molar-refractivity contribution in [3.05, 3.63) is 53.4 Å². The van der Waals surface area contributed by atoms with Gasteiger partial charge in [-0.25, -0.2) is 4.79 Å². The lowest BCUT2D eigenvalue weighted by atomic mass is 9.99. The van der Waals surface area contributed by atoms with Crippen LogP contribution in [0.4, 0.5) is 0 Å². The van der Waals surface area contributed by atoms with Crippen LogP contribution in [0, 0.1) is 0 Å². The minimum absolute atomic E-state index is 0.0479. The quantitative estimate of drug-likeness (QED) is 0.578. The molecule has 2 atom stereocenters. The predicted octanol–water partition coefficient (Wildman–Crippen LogP) is 3.05. The largest absolute Gasteiger partial charge is 0.508 e. The number of phenolic OH excluding ortho intramolecular Hbond substituents is 1. The fraction of sp³-hybridized carbons (Fsp3) is 0.278. The van der Waals surface area contributed by atoms with E-state index in [0.29, 0.717) is 18.7 Å². The third kappa shape index (κ3) is 2.70. The fourth-order valence-corrected chi connectivity index (χ4v) is 3.40. The molecule has 5 nitrogen and oxygen atoms in total. The molecule has 24 heavy (non-hydrogen) atoms. The molecule has 1 aromatic heterocycles. The van der Waals surface area contributed by atoms with Gasteiger partial charge in [0.25, 0.3) is 0 Å². The van der Waals surface area contributed by atoms with E-state index in [0.717, 1.165) is 28.6 Å². The Balaban J connectivity index is 1.63. The van der Waals surface area contributed by atoms with Gasteiger partial charge in [-0.3, -0.25) is 5.32 Å². The molecule has 2 aromatic rings. The lowest BCUT2D eigenvalue weighted by Gasteiger charge is -2.23. The van der Waals surface area contributed by atoms with E-state index in [-0.39, 0.29) is 17.1 Å². The molecule has 0 amide bonds. The molecule has 0 bridgehead atoms. The molecule has 124 valence electrons. The molecule has 3 N–H and O–H groups in total. The maximum absolute atomic E-state index is 12.6. The summed E-state index contributed by atoms with van der Waals surface area (Å²) in [6.07, 6.45) is 6.80. The molecule has 0 spiro atoms. The highest BCUT2D eigenvalue weighted by molar-refractivity contribution is 6.22. The first-order chi connectivity index (χ1) is 11.6. The van der Waals surface area contributed by atoms with Crippen molar-refractivity contribution in [3.8, 4) is 5.75 Å². The highest BCUT2D eigenvalue weighted by atomic mass is 35.5. The minimum atomic E-state index is -0.550. The highest BCUT2D eigenvalue weighted by Crippen LogP contribution is 2.33. The van der Waals surface area contributed by atoms with Crippen LogP contribution in [-0.2, 0) is 16.0 Å². The molecule has 0 fully saturated rings. The molecular formula is C18H17ClN2O3. The van der Waals surface area contributed by atoms with Crippen molar-refractivity contribution in [1.82, 2.24) is 10.3 Å². The Morgan fingerprint density at radius 1 is 1.38 bits per heavy atom. The number of alkyl halides is 1. The van der Waals surface area contributed by atoms with Crippen molar-refractivity contribution in [1.29, 1.82) is 0 Å². The molecule has 1 aliphatic heterocycles. The number of aromatic nitrogens is 1. The van der Waals surface area contributed by atoms with E-state index >= 15 is 0 Å². The van der Waals surface area contributed by atoms with Crippen LogP contribution in [0.5, 0.6) is 5.75 Å². The van der Waals surface area contributed by atoms with Crippen LogP contribution >= 0.6 is 11.6 Å². The third-order valence-corrected chi connectivity index (χ3v) is 4.73. The lowest BCUT2D eigenvalue weighted by Crippen LogP contribution is -2.36. The van der Waals surface area contributed by atoms with Gasteiger partial charge in [-0.15, -0.1) is 11.6 Å². The Kier molecular flexibility index (Phi) is 3.82. The number of nitrogens with one attached hydrogen (secondary N) is 2. The second-order valence-electron chi connectivity index (χ2n) is 6.02. The summed E-state index contributed by atoms with van der Waals surface area (Å²) in [6.45, 7) is 0.675. The van der Waals surface area contributed by atoms with Crippen molar-refractivity contribution in [2.45, 2.75) is 24.3 Å². The van der Waals surface area contributed by atoms with Gasteiger partial charge in [0.05, 0.1) is 5.38 Å². The zero-order valence-corrected chi connectivity index (χ0v) is 13.6. The van der Waals surface area contributed by atoms with E-state index < -0.39 is 6.04 Å². The number of aromatic hydroxyl groups is 1. The van der Waals surface area contributed by atoms with Crippen LogP contribution in [0.1, 0.15) is 23.7 Å². The molecule has 0 saturated carbocycles. The van der Waals surface area contributed by atoms with Gasteiger partial charge >= 0.3 is 5.97 Å². The molecule has 0 radical (unpaired) electrons. The fourth-order valence-electron chi connectivity index (χ4n) is 3.24. The summed E-state index contributed by atoms with van der Waals surface area (Å²) in [5.74, 6) is 0.394. The van der Waals surface area contributed by atoms with Gasteiger partial charge in [0, 0.05) is 23.1 Å². The molecule has 0 saturated heterocycles. The number of hydrogen-bond donors (Lipinski definition) is 3. The molecule has 4 rings (SSSR count). The molecular weight excluding hydrogens is 328 g/mol. The number of allylic oxidation sites excluding steroid dienone is 3. The summed E-state index contributed by atoms with van der Waals surface area (Å²) in [5, 5.41) is 13.8.